The number of halogens is 5. The standard InChI is InChI=1S/C10H4Cl4FN/c11-6-4-8(10(12,13)14)16-9-5(6)2-1-3-7(9)15/h1-4H. The molecule has 6 heteroatoms. The minimum Gasteiger partial charge on any atom is -0.245 e. The highest BCUT2D eigenvalue weighted by molar-refractivity contribution is 6.66. The first kappa shape index (κ1) is 12.2. The second-order valence-electron chi connectivity index (χ2n) is 3.12. The van der Waals surface area contributed by atoms with Gasteiger partial charge in [-0.3, -0.25) is 0 Å². The Kier molecular flexibility index (Phi) is 3.19. The zero-order valence-electron chi connectivity index (χ0n) is 7.65. The first-order chi connectivity index (χ1) is 7.39. The summed E-state index contributed by atoms with van der Waals surface area (Å²) in [5.41, 5.74) is 0.191. The van der Waals surface area contributed by atoms with Gasteiger partial charge in [0, 0.05) is 5.39 Å². The fourth-order valence-corrected chi connectivity index (χ4v) is 1.86. The maximum atomic E-state index is 13.5. The van der Waals surface area contributed by atoms with Gasteiger partial charge in [-0.25, -0.2) is 9.37 Å². The number of rotatable bonds is 0. The van der Waals surface area contributed by atoms with Gasteiger partial charge in [0.05, 0.1) is 10.7 Å². The summed E-state index contributed by atoms with van der Waals surface area (Å²) in [6.45, 7) is 0. The zero-order chi connectivity index (χ0) is 11.9. The van der Waals surface area contributed by atoms with E-state index in [1.807, 2.05) is 0 Å². The summed E-state index contributed by atoms with van der Waals surface area (Å²) in [4.78, 5) is 3.95. The molecule has 0 N–H and O–H groups in total. The summed E-state index contributed by atoms with van der Waals surface area (Å²) in [7, 11) is 0. The molecular weight excluding hydrogens is 295 g/mol. The maximum Gasteiger partial charge on any atom is 0.232 e. The molecule has 0 radical (unpaired) electrons. The molecule has 2 aromatic rings. The number of pyridine rings is 1. The van der Waals surface area contributed by atoms with Gasteiger partial charge >= 0.3 is 0 Å². The number of benzene rings is 1. The Morgan fingerprint density at radius 2 is 1.88 bits per heavy atom. The number of para-hydroxylation sites is 1. The molecule has 84 valence electrons. The van der Waals surface area contributed by atoms with Gasteiger partial charge in [0.25, 0.3) is 0 Å². The van der Waals surface area contributed by atoms with Crippen molar-refractivity contribution in [3.8, 4) is 0 Å². The molecule has 2 rings (SSSR count). The molecule has 0 fully saturated rings. The predicted octanol–water partition coefficient (Wildman–Crippen LogP) is 4.85. The SMILES string of the molecule is Fc1cccc2c(Cl)cc(C(Cl)(Cl)Cl)nc12. The van der Waals surface area contributed by atoms with Crippen LogP contribution in [0.4, 0.5) is 4.39 Å². The van der Waals surface area contributed by atoms with Crippen molar-refractivity contribution in [2.45, 2.75) is 3.79 Å². The summed E-state index contributed by atoms with van der Waals surface area (Å²) in [5, 5.41) is 0.783. The van der Waals surface area contributed by atoms with Crippen LogP contribution >= 0.6 is 46.4 Å². The number of fused-ring (bicyclic) bond motifs is 1. The van der Waals surface area contributed by atoms with E-state index in [1.165, 1.54) is 12.1 Å². The van der Waals surface area contributed by atoms with Gasteiger partial charge in [-0.15, -0.1) is 0 Å². The first-order valence-electron chi connectivity index (χ1n) is 4.21. The Morgan fingerprint density at radius 1 is 1.19 bits per heavy atom. The molecule has 0 aliphatic rings. The number of hydrogen-bond acceptors (Lipinski definition) is 1. The summed E-state index contributed by atoms with van der Waals surface area (Å²) in [5.74, 6) is -0.504. The summed E-state index contributed by atoms with van der Waals surface area (Å²) in [6.07, 6.45) is 0. The van der Waals surface area contributed by atoms with Crippen molar-refractivity contribution in [2.75, 3.05) is 0 Å². The van der Waals surface area contributed by atoms with Crippen molar-refractivity contribution in [3.63, 3.8) is 0 Å². The molecule has 0 aliphatic heterocycles. The average molecular weight is 299 g/mol. The molecule has 1 aromatic carbocycles. The molecular formula is C10H4Cl4FN. The lowest BCUT2D eigenvalue weighted by Crippen LogP contribution is -2.04. The molecule has 16 heavy (non-hydrogen) atoms. The number of alkyl halides is 3. The third-order valence-corrected chi connectivity index (χ3v) is 2.92. The van der Waals surface area contributed by atoms with Crippen LogP contribution in [0.2, 0.25) is 5.02 Å². The van der Waals surface area contributed by atoms with E-state index >= 15 is 0 Å². The van der Waals surface area contributed by atoms with Crippen LogP contribution in [0.1, 0.15) is 5.69 Å². The largest absolute Gasteiger partial charge is 0.245 e. The van der Waals surface area contributed by atoms with Crippen molar-refractivity contribution in [1.29, 1.82) is 0 Å². The molecule has 1 nitrogen and oxygen atoms in total. The third kappa shape index (κ3) is 2.21. The van der Waals surface area contributed by atoms with E-state index in [0.717, 1.165) is 0 Å². The Labute approximate surface area is 111 Å². The van der Waals surface area contributed by atoms with Crippen LogP contribution in [0.15, 0.2) is 24.3 Å². The summed E-state index contributed by atoms with van der Waals surface area (Å²) in [6, 6.07) is 5.88. The van der Waals surface area contributed by atoms with Crippen LogP contribution in [-0.4, -0.2) is 4.98 Å². The minimum absolute atomic E-state index is 0.0938. The summed E-state index contributed by atoms with van der Waals surface area (Å²) < 4.78 is 11.8. The topological polar surface area (TPSA) is 12.9 Å². The van der Waals surface area contributed by atoms with Crippen molar-refractivity contribution in [1.82, 2.24) is 4.98 Å². The van der Waals surface area contributed by atoms with E-state index in [2.05, 4.69) is 4.98 Å². The number of nitrogens with zero attached hydrogens (tertiary/aromatic N) is 1. The lowest BCUT2D eigenvalue weighted by atomic mass is 10.2. The maximum absolute atomic E-state index is 13.5. The van der Waals surface area contributed by atoms with Crippen LogP contribution in [0.5, 0.6) is 0 Å². The second-order valence-corrected chi connectivity index (χ2v) is 5.81. The predicted molar refractivity (Wildman–Crippen MR) is 65.9 cm³/mol. The van der Waals surface area contributed by atoms with Crippen LogP contribution < -0.4 is 0 Å². The highest BCUT2D eigenvalue weighted by Crippen LogP contribution is 2.39. The quantitative estimate of drug-likeness (QED) is 0.633. The minimum atomic E-state index is -1.72. The Balaban J connectivity index is 2.81. The lowest BCUT2D eigenvalue weighted by molar-refractivity contribution is 0.636. The fraction of sp³-hybridized carbons (Fsp3) is 0.100. The van der Waals surface area contributed by atoms with Crippen molar-refractivity contribution < 1.29 is 4.39 Å². The highest BCUT2D eigenvalue weighted by Gasteiger charge is 2.26. The average Bonchev–Trinajstić information content (AvgIpc) is 2.18. The van der Waals surface area contributed by atoms with Crippen molar-refractivity contribution >= 4 is 57.3 Å². The van der Waals surface area contributed by atoms with Gasteiger partial charge in [-0.1, -0.05) is 58.5 Å². The molecule has 1 heterocycles. The van der Waals surface area contributed by atoms with E-state index in [9.17, 15) is 4.39 Å². The second kappa shape index (κ2) is 4.19. The molecule has 0 amide bonds. The van der Waals surface area contributed by atoms with Gasteiger partial charge in [-0.2, -0.15) is 0 Å². The lowest BCUT2D eigenvalue weighted by Gasteiger charge is -2.12. The van der Waals surface area contributed by atoms with Crippen molar-refractivity contribution in [2.24, 2.45) is 0 Å². The van der Waals surface area contributed by atoms with Gasteiger partial charge < -0.3 is 0 Å². The molecule has 0 atom stereocenters. The summed E-state index contributed by atoms with van der Waals surface area (Å²) >= 11 is 23.0. The third-order valence-electron chi connectivity index (χ3n) is 2.03. The Morgan fingerprint density at radius 3 is 2.50 bits per heavy atom. The molecule has 0 bridgehead atoms. The molecule has 1 aromatic heterocycles. The van der Waals surface area contributed by atoms with Gasteiger partial charge in [0.15, 0.2) is 0 Å². The van der Waals surface area contributed by atoms with Crippen LogP contribution in [0, 0.1) is 5.82 Å². The Hall–Kier alpha value is -0.280. The van der Waals surface area contributed by atoms with Crippen LogP contribution in [0.25, 0.3) is 10.9 Å². The molecule has 0 saturated carbocycles. The fourth-order valence-electron chi connectivity index (χ4n) is 1.32. The molecule has 0 saturated heterocycles. The zero-order valence-corrected chi connectivity index (χ0v) is 10.7. The van der Waals surface area contributed by atoms with E-state index in [-0.39, 0.29) is 11.2 Å². The first-order valence-corrected chi connectivity index (χ1v) is 5.73. The van der Waals surface area contributed by atoms with Crippen LogP contribution in [-0.2, 0) is 3.79 Å². The van der Waals surface area contributed by atoms with E-state index in [0.29, 0.717) is 10.4 Å². The van der Waals surface area contributed by atoms with Gasteiger partial charge in [0.1, 0.15) is 11.3 Å². The van der Waals surface area contributed by atoms with Crippen molar-refractivity contribution in [3.05, 3.63) is 40.8 Å². The van der Waals surface area contributed by atoms with E-state index in [1.54, 1.807) is 12.1 Å². The monoisotopic (exact) mass is 297 g/mol. The number of hydrogen-bond donors (Lipinski definition) is 0. The van der Waals surface area contributed by atoms with E-state index < -0.39 is 9.61 Å². The van der Waals surface area contributed by atoms with Gasteiger partial charge in [-0.05, 0) is 12.1 Å². The smallest absolute Gasteiger partial charge is 0.232 e. The highest BCUT2D eigenvalue weighted by atomic mass is 35.6. The molecule has 0 aliphatic carbocycles. The molecule has 0 spiro atoms. The molecule has 0 unspecified atom stereocenters. The normalized spacial score (nSPS) is 12.1. The number of aromatic nitrogens is 1. The van der Waals surface area contributed by atoms with Crippen LogP contribution in [0.3, 0.4) is 0 Å². The Bertz CT molecular complexity index is 550. The van der Waals surface area contributed by atoms with E-state index in [4.69, 9.17) is 46.4 Å². The van der Waals surface area contributed by atoms with Gasteiger partial charge in [0.2, 0.25) is 3.79 Å².